The quantitative estimate of drug-likeness (QED) is 0.564. The Bertz CT molecular complexity index is 259. The summed E-state index contributed by atoms with van der Waals surface area (Å²) in [4.78, 5) is 1.37. The number of rotatable bonds is 5. The van der Waals surface area contributed by atoms with Gasteiger partial charge in [-0.3, -0.25) is 0 Å². The van der Waals surface area contributed by atoms with Crippen molar-refractivity contribution in [1.82, 2.24) is 0 Å². The molecule has 1 aromatic rings. The first-order valence-corrected chi connectivity index (χ1v) is 6.86. The Hall–Kier alpha value is -0.120. The zero-order valence-corrected chi connectivity index (χ0v) is 9.65. The van der Waals surface area contributed by atoms with Crippen LogP contribution in [0.3, 0.4) is 0 Å². The molecule has 1 saturated heterocycles. The molecule has 0 spiro atoms. The zero-order valence-electron chi connectivity index (χ0n) is 8.02. The first kappa shape index (κ1) is 10.4. The molecule has 0 saturated carbocycles. The van der Waals surface area contributed by atoms with Gasteiger partial charge < -0.3 is 4.74 Å². The largest absolute Gasteiger partial charge is 0.379 e. The van der Waals surface area contributed by atoms with E-state index in [-0.39, 0.29) is 0 Å². The van der Waals surface area contributed by atoms with Gasteiger partial charge in [0.15, 0.2) is 0 Å². The summed E-state index contributed by atoms with van der Waals surface area (Å²) in [5, 5.41) is 0.770. The minimum atomic E-state index is 0.770. The molecule has 1 aromatic carbocycles. The lowest BCUT2D eigenvalue weighted by Crippen LogP contribution is -2.30. The smallest absolute Gasteiger partial charge is 0.0607 e. The van der Waals surface area contributed by atoms with Gasteiger partial charge in [-0.25, -0.2) is 0 Å². The van der Waals surface area contributed by atoms with Gasteiger partial charge in [-0.2, -0.15) is 11.8 Å². The van der Waals surface area contributed by atoms with Crippen molar-refractivity contribution >= 4 is 23.5 Å². The van der Waals surface area contributed by atoms with Gasteiger partial charge >= 0.3 is 0 Å². The molecule has 14 heavy (non-hydrogen) atoms. The molecule has 0 bridgehead atoms. The van der Waals surface area contributed by atoms with E-state index < -0.39 is 0 Å². The normalized spacial score (nSPS) is 16.6. The van der Waals surface area contributed by atoms with Crippen molar-refractivity contribution in [2.24, 2.45) is 0 Å². The van der Waals surface area contributed by atoms with Gasteiger partial charge in [0.05, 0.1) is 18.5 Å². The van der Waals surface area contributed by atoms with Crippen LogP contribution in [0.4, 0.5) is 0 Å². The third kappa shape index (κ3) is 3.23. The maximum atomic E-state index is 5.12. The van der Waals surface area contributed by atoms with Crippen LogP contribution in [0.25, 0.3) is 0 Å². The van der Waals surface area contributed by atoms with Crippen LogP contribution < -0.4 is 0 Å². The van der Waals surface area contributed by atoms with Crippen molar-refractivity contribution in [2.75, 3.05) is 24.7 Å². The molecular formula is C11H14OS2. The Morgan fingerprint density at radius 2 is 1.93 bits per heavy atom. The van der Waals surface area contributed by atoms with E-state index in [1.54, 1.807) is 0 Å². The molecule has 0 unspecified atom stereocenters. The van der Waals surface area contributed by atoms with Crippen LogP contribution in [0.2, 0.25) is 0 Å². The van der Waals surface area contributed by atoms with Gasteiger partial charge in [0, 0.05) is 16.4 Å². The summed E-state index contributed by atoms with van der Waals surface area (Å²) in [5.74, 6) is 2.43. The SMILES string of the molecule is c1ccc(SCCSC2COC2)cc1. The summed E-state index contributed by atoms with van der Waals surface area (Å²) < 4.78 is 5.12. The Morgan fingerprint density at radius 3 is 2.57 bits per heavy atom. The number of thioether (sulfide) groups is 2. The van der Waals surface area contributed by atoms with Crippen molar-refractivity contribution in [3.63, 3.8) is 0 Å². The molecule has 2 rings (SSSR count). The number of ether oxygens (including phenoxy) is 1. The van der Waals surface area contributed by atoms with E-state index >= 15 is 0 Å². The van der Waals surface area contributed by atoms with E-state index in [9.17, 15) is 0 Å². The standard InChI is InChI=1S/C11H14OS2/c1-2-4-10(5-3-1)13-6-7-14-11-8-12-9-11/h1-5,11H,6-9H2. The fourth-order valence-electron chi connectivity index (χ4n) is 1.20. The number of benzene rings is 1. The summed E-state index contributed by atoms with van der Waals surface area (Å²) in [5.41, 5.74) is 0. The minimum Gasteiger partial charge on any atom is -0.379 e. The summed E-state index contributed by atoms with van der Waals surface area (Å²) in [6.07, 6.45) is 0. The van der Waals surface area contributed by atoms with Crippen molar-refractivity contribution in [1.29, 1.82) is 0 Å². The molecule has 1 aliphatic heterocycles. The second kappa shape index (κ2) is 5.69. The fraction of sp³-hybridized carbons (Fsp3) is 0.455. The third-order valence-corrected chi connectivity index (χ3v) is 4.51. The van der Waals surface area contributed by atoms with E-state index in [0.29, 0.717) is 0 Å². The lowest BCUT2D eigenvalue weighted by Gasteiger charge is -2.24. The van der Waals surface area contributed by atoms with Crippen LogP contribution in [-0.4, -0.2) is 30.0 Å². The Kier molecular flexibility index (Phi) is 4.22. The second-order valence-electron chi connectivity index (χ2n) is 3.19. The Labute approximate surface area is 93.6 Å². The Balaban J connectivity index is 1.58. The third-order valence-electron chi connectivity index (χ3n) is 2.06. The predicted octanol–water partition coefficient (Wildman–Crippen LogP) is 2.91. The van der Waals surface area contributed by atoms with Crippen molar-refractivity contribution in [3.05, 3.63) is 30.3 Å². The maximum absolute atomic E-state index is 5.12. The molecule has 0 amide bonds. The van der Waals surface area contributed by atoms with Crippen LogP contribution in [0.15, 0.2) is 35.2 Å². The molecule has 3 heteroatoms. The highest BCUT2D eigenvalue weighted by atomic mass is 32.2. The molecular weight excluding hydrogens is 212 g/mol. The van der Waals surface area contributed by atoms with Crippen LogP contribution in [-0.2, 0) is 4.74 Å². The van der Waals surface area contributed by atoms with Gasteiger partial charge in [0.1, 0.15) is 0 Å². The molecule has 76 valence electrons. The van der Waals surface area contributed by atoms with Gasteiger partial charge in [-0.05, 0) is 12.1 Å². The van der Waals surface area contributed by atoms with Crippen molar-refractivity contribution in [3.8, 4) is 0 Å². The highest BCUT2D eigenvalue weighted by molar-refractivity contribution is 8.03. The van der Waals surface area contributed by atoms with Gasteiger partial charge in [-0.15, -0.1) is 11.8 Å². The van der Waals surface area contributed by atoms with Crippen LogP contribution >= 0.6 is 23.5 Å². The molecule has 1 fully saturated rings. The first-order chi connectivity index (χ1) is 6.95. The fourth-order valence-corrected chi connectivity index (χ4v) is 3.22. The predicted molar refractivity (Wildman–Crippen MR) is 64.2 cm³/mol. The summed E-state index contributed by atoms with van der Waals surface area (Å²) >= 11 is 3.97. The lowest BCUT2D eigenvalue weighted by atomic mass is 10.4. The van der Waals surface area contributed by atoms with Crippen LogP contribution in [0, 0.1) is 0 Å². The second-order valence-corrected chi connectivity index (χ2v) is 5.77. The lowest BCUT2D eigenvalue weighted by molar-refractivity contribution is 0.0456. The Morgan fingerprint density at radius 1 is 1.14 bits per heavy atom. The average molecular weight is 226 g/mol. The minimum absolute atomic E-state index is 0.770. The molecule has 0 radical (unpaired) electrons. The average Bonchev–Trinajstić information content (AvgIpc) is 2.16. The molecule has 1 aliphatic rings. The molecule has 0 aromatic heterocycles. The molecule has 0 atom stereocenters. The number of hydrogen-bond donors (Lipinski definition) is 0. The van der Waals surface area contributed by atoms with Gasteiger partial charge in [-0.1, -0.05) is 18.2 Å². The summed E-state index contributed by atoms with van der Waals surface area (Å²) in [7, 11) is 0. The first-order valence-electron chi connectivity index (χ1n) is 4.82. The topological polar surface area (TPSA) is 9.23 Å². The summed E-state index contributed by atoms with van der Waals surface area (Å²) in [6, 6.07) is 10.6. The van der Waals surface area contributed by atoms with E-state index in [1.165, 1.54) is 16.4 Å². The van der Waals surface area contributed by atoms with Crippen LogP contribution in [0.5, 0.6) is 0 Å². The number of hydrogen-bond acceptors (Lipinski definition) is 3. The van der Waals surface area contributed by atoms with Crippen molar-refractivity contribution in [2.45, 2.75) is 10.1 Å². The van der Waals surface area contributed by atoms with E-state index in [1.807, 2.05) is 23.5 Å². The van der Waals surface area contributed by atoms with E-state index in [2.05, 4.69) is 30.3 Å². The zero-order chi connectivity index (χ0) is 9.64. The molecule has 0 aliphatic carbocycles. The molecule has 1 nitrogen and oxygen atoms in total. The van der Waals surface area contributed by atoms with Gasteiger partial charge in [0.25, 0.3) is 0 Å². The van der Waals surface area contributed by atoms with E-state index in [4.69, 9.17) is 4.74 Å². The molecule has 0 N–H and O–H groups in total. The van der Waals surface area contributed by atoms with Crippen molar-refractivity contribution < 1.29 is 4.74 Å². The summed E-state index contributed by atoms with van der Waals surface area (Å²) in [6.45, 7) is 1.92. The maximum Gasteiger partial charge on any atom is 0.0607 e. The monoisotopic (exact) mass is 226 g/mol. The highest BCUT2D eigenvalue weighted by Crippen LogP contribution is 2.23. The van der Waals surface area contributed by atoms with E-state index in [0.717, 1.165) is 18.5 Å². The van der Waals surface area contributed by atoms with Crippen LogP contribution in [0.1, 0.15) is 0 Å². The van der Waals surface area contributed by atoms with Gasteiger partial charge in [0.2, 0.25) is 0 Å². The highest BCUT2D eigenvalue weighted by Gasteiger charge is 2.17. The molecule has 1 heterocycles.